The first-order valence-electron chi connectivity index (χ1n) is 6.86. The minimum absolute atomic E-state index is 0.0573. The number of anilines is 1. The van der Waals surface area contributed by atoms with Gasteiger partial charge in [0.1, 0.15) is 5.56 Å². The zero-order chi connectivity index (χ0) is 14.8. The van der Waals surface area contributed by atoms with Gasteiger partial charge in [0.05, 0.1) is 6.10 Å². The highest BCUT2D eigenvalue weighted by atomic mass is 16.5. The molecule has 1 aliphatic heterocycles. The number of ether oxygens (including phenoxy) is 1. The quantitative estimate of drug-likeness (QED) is 0.834. The lowest BCUT2D eigenvalue weighted by atomic mass is 10.2. The van der Waals surface area contributed by atoms with Gasteiger partial charge in [-0.15, -0.1) is 0 Å². The normalized spacial score (nSPS) is 14.1. The number of rotatable bonds is 3. The number of hydrogen-bond acceptors (Lipinski definition) is 6. The average Bonchev–Trinajstić information content (AvgIpc) is 2.95. The van der Waals surface area contributed by atoms with E-state index < -0.39 is 0 Å². The summed E-state index contributed by atoms with van der Waals surface area (Å²) in [5.74, 6) is 0.599. The summed E-state index contributed by atoms with van der Waals surface area (Å²) in [7, 11) is 0. The van der Waals surface area contributed by atoms with Crippen LogP contribution in [-0.4, -0.2) is 43.7 Å². The highest BCUT2D eigenvalue weighted by Crippen LogP contribution is 2.23. The molecular formula is C13H16N6O2. The predicted molar refractivity (Wildman–Crippen MR) is 74.1 cm³/mol. The Labute approximate surface area is 121 Å². The molecule has 0 aliphatic carbocycles. The summed E-state index contributed by atoms with van der Waals surface area (Å²) in [5, 5.41) is 11.4. The smallest absolute Gasteiger partial charge is 0.266 e. The molecule has 0 aromatic carbocycles. The van der Waals surface area contributed by atoms with E-state index in [-0.39, 0.29) is 12.0 Å². The minimum Gasteiger partial charge on any atom is -0.474 e. The molecule has 0 atom stereocenters. The number of nitrogens with zero attached hydrogens (tertiary/aromatic N) is 6. The van der Waals surface area contributed by atoms with Crippen molar-refractivity contribution in [2.24, 2.45) is 0 Å². The number of carbonyl (C=O) groups excluding carboxylic acids is 1. The van der Waals surface area contributed by atoms with Crippen LogP contribution in [0.4, 0.5) is 5.95 Å². The maximum atomic E-state index is 12.8. The summed E-state index contributed by atoms with van der Waals surface area (Å²) in [6, 6.07) is 3.42. The molecule has 2 aromatic rings. The maximum Gasteiger partial charge on any atom is 0.266 e. The molecule has 0 unspecified atom stereocenters. The molecule has 0 bridgehead atoms. The van der Waals surface area contributed by atoms with E-state index in [1.54, 1.807) is 27.9 Å². The number of aryl methyl sites for hydroxylation is 1. The molecule has 0 spiro atoms. The van der Waals surface area contributed by atoms with Crippen molar-refractivity contribution >= 4 is 11.9 Å². The first-order valence-corrected chi connectivity index (χ1v) is 6.86. The molecule has 0 saturated carbocycles. The Bertz CT molecular complexity index is 654. The van der Waals surface area contributed by atoms with Crippen LogP contribution in [0.25, 0.3) is 0 Å². The second-order valence-corrected chi connectivity index (χ2v) is 5.04. The highest BCUT2D eigenvalue weighted by Gasteiger charge is 2.28. The van der Waals surface area contributed by atoms with E-state index in [0.29, 0.717) is 30.5 Å². The lowest BCUT2D eigenvalue weighted by Gasteiger charge is -2.25. The number of pyridine rings is 1. The molecule has 0 N–H and O–H groups in total. The van der Waals surface area contributed by atoms with Gasteiger partial charge in [0.15, 0.2) is 0 Å². The van der Waals surface area contributed by atoms with Gasteiger partial charge in [0.2, 0.25) is 5.88 Å². The van der Waals surface area contributed by atoms with Gasteiger partial charge in [-0.05, 0) is 42.8 Å². The van der Waals surface area contributed by atoms with Gasteiger partial charge in [-0.2, -0.15) is 0 Å². The summed E-state index contributed by atoms with van der Waals surface area (Å²) in [5.41, 5.74) is 0.419. The van der Waals surface area contributed by atoms with Crippen LogP contribution in [0, 0.1) is 0 Å². The first kappa shape index (κ1) is 13.5. The first-order chi connectivity index (χ1) is 10.2. The zero-order valence-electron chi connectivity index (χ0n) is 11.9. The molecule has 1 amide bonds. The lowest BCUT2D eigenvalue weighted by molar-refractivity contribution is 0.0973. The summed E-state index contributed by atoms with van der Waals surface area (Å²) in [4.78, 5) is 18.5. The SMILES string of the molecule is CC(C)Oc1ncccc1C(=O)N1CCCn2nnnc21. The Morgan fingerprint density at radius 3 is 3.05 bits per heavy atom. The largest absolute Gasteiger partial charge is 0.474 e. The molecule has 1 aliphatic rings. The number of carbonyl (C=O) groups is 1. The number of aromatic nitrogens is 5. The fourth-order valence-corrected chi connectivity index (χ4v) is 2.23. The lowest BCUT2D eigenvalue weighted by Crippen LogP contribution is -2.38. The van der Waals surface area contributed by atoms with Gasteiger partial charge in [-0.1, -0.05) is 5.10 Å². The van der Waals surface area contributed by atoms with Crippen molar-refractivity contribution in [3.05, 3.63) is 23.9 Å². The maximum absolute atomic E-state index is 12.8. The molecule has 110 valence electrons. The van der Waals surface area contributed by atoms with E-state index in [2.05, 4.69) is 20.5 Å². The molecule has 0 fully saturated rings. The Morgan fingerprint density at radius 2 is 2.24 bits per heavy atom. The van der Waals surface area contributed by atoms with Crippen LogP contribution in [0.1, 0.15) is 30.6 Å². The molecule has 0 radical (unpaired) electrons. The molecule has 0 saturated heterocycles. The van der Waals surface area contributed by atoms with Crippen molar-refractivity contribution in [2.45, 2.75) is 32.9 Å². The zero-order valence-corrected chi connectivity index (χ0v) is 11.9. The van der Waals surface area contributed by atoms with Gasteiger partial charge >= 0.3 is 0 Å². The fourth-order valence-electron chi connectivity index (χ4n) is 2.23. The second-order valence-electron chi connectivity index (χ2n) is 5.04. The van der Waals surface area contributed by atoms with Crippen molar-refractivity contribution in [3.8, 4) is 5.88 Å². The van der Waals surface area contributed by atoms with Crippen LogP contribution in [0.2, 0.25) is 0 Å². The van der Waals surface area contributed by atoms with Crippen molar-refractivity contribution < 1.29 is 9.53 Å². The standard InChI is InChI=1S/C13H16N6O2/c1-9(2)21-11-10(5-3-6-14-11)12(20)18-7-4-8-19-13(18)15-16-17-19/h3,5-6,9H,4,7-8H2,1-2H3. The molecule has 8 heteroatoms. The summed E-state index contributed by atoms with van der Waals surface area (Å²) in [6.45, 7) is 5.08. The number of amides is 1. The second kappa shape index (κ2) is 5.47. The van der Waals surface area contributed by atoms with Crippen molar-refractivity contribution in [1.82, 2.24) is 25.2 Å². The number of tetrazole rings is 1. The van der Waals surface area contributed by atoms with Crippen LogP contribution in [0.5, 0.6) is 5.88 Å². The predicted octanol–water partition coefficient (Wildman–Crippen LogP) is 0.906. The average molecular weight is 288 g/mol. The summed E-state index contributed by atoms with van der Waals surface area (Å²) >= 11 is 0. The van der Waals surface area contributed by atoms with Crippen LogP contribution in [-0.2, 0) is 6.54 Å². The fraction of sp³-hybridized carbons (Fsp3) is 0.462. The third kappa shape index (κ3) is 2.56. The Hall–Kier alpha value is -2.51. The van der Waals surface area contributed by atoms with Gasteiger partial charge in [0.25, 0.3) is 11.9 Å². The van der Waals surface area contributed by atoms with E-state index in [1.807, 2.05) is 13.8 Å². The van der Waals surface area contributed by atoms with E-state index in [0.717, 1.165) is 6.42 Å². The molecule has 3 heterocycles. The van der Waals surface area contributed by atoms with E-state index in [9.17, 15) is 4.79 Å². The van der Waals surface area contributed by atoms with E-state index in [1.165, 1.54) is 0 Å². The highest BCUT2D eigenvalue weighted by molar-refractivity contribution is 6.06. The van der Waals surface area contributed by atoms with Crippen LogP contribution >= 0.6 is 0 Å². The molecule has 2 aromatic heterocycles. The Balaban J connectivity index is 1.94. The Kier molecular flexibility index (Phi) is 3.51. The third-order valence-electron chi connectivity index (χ3n) is 3.10. The number of hydrogen-bond donors (Lipinski definition) is 0. The van der Waals surface area contributed by atoms with E-state index in [4.69, 9.17) is 4.74 Å². The summed E-state index contributed by atoms with van der Waals surface area (Å²) in [6.07, 6.45) is 2.36. The van der Waals surface area contributed by atoms with Crippen LogP contribution in [0.3, 0.4) is 0 Å². The van der Waals surface area contributed by atoms with E-state index >= 15 is 0 Å². The number of fused-ring (bicyclic) bond motifs is 1. The van der Waals surface area contributed by atoms with Crippen molar-refractivity contribution in [3.63, 3.8) is 0 Å². The van der Waals surface area contributed by atoms with Crippen molar-refractivity contribution in [2.75, 3.05) is 11.4 Å². The van der Waals surface area contributed by atoms with Gasteiger partial charge in [-0.25, -0.2) is 9.67 Å². The molecule has 21 heavy (non-hydrogen) atoms. The van der Waals surface area contributed by atoms with Crippen LogP contribution < -0.4 is 9.64 Å². The van der Waals surface area contributed by atoms with Crippen molar-refractivity contribution in [1.29, 1.82) is 0 Å². The third-order valence-corrected chi connectivity index (χ3v) is 3.10. The van der Waals surface area contributed by atoms with Crippen LogP contribution in [0.15, 0.2) is 18.3 Å². The van der Waals surface area contributed by atoms with Gasteiger partial charge < -0.3 is 4.74 Å². The van der Waals surface area contributed by atoms with Gasteiger partial charge in [0, 0.05) is 19.3 Å². The topological polar surface area (TPSA) is 86.0 Å². The summed E-state index contributed by atoms with van der Waals surface area (Å²) < 4.78 is 7.24. The molecule has 8 nitrogen and oxygen atoms in total. The molecular weight excluding hydrogens is 272 g/mol. The monoisotopic (exact) mass is 288 g/mol. The molecule has 3 rings (SSSR count). The van der Waals surface area contributed by atoms with Gasteiger partial charge in [-0.3, -0.25) is 9.69 Å². The minimum atomic E-state index is -0.200. The Morgan fingerprint density at radius 1 is 1.38 bits per heavy atom.